The lowest BCUT2D eigenvalue weighted by molar-refractivity contribution is -0.121. The van der Waals surface area contributed by atoms with Gasteiger partial charge in [0.1, 0.15) is 0 Å². The number of nitrogens with zero attached hydrogens (tertiary/aromatic N) is 6. The molecule has 6 heterocycles. The molecule has 2 aliphatic rings. The number of rotatable bonds is 21. The van der Waals surface area contributed by atoms with E-state index < -0.39 is 6.10 Å². The predicted octanol–water partition coefficient (Wildman–Crippen LogP) is 2.90. The lowest BCUT2D eigenvalue weighted by Gasteiger charge is -2.29. The number of carbonyl (C=O) groups is 3. The lowest BCUT2D eigenvalue weighted by atomic mass is 10.0. The second-order valence-corrected chi connectivity index (χ2v) is 15.2. The van der Waals surface area contributed by atoms with Crippen LogP contribution >= 0.6 is 11.8 Å². The number of hydrogen-bond donors (Lipinski definition) is 5. The van der Waals surface area contributed by atoms with Crippen LogP contribution < -0.4 is 21.3 Å². The molecule has 290 valence electrons. The number of aliphatic hydroxyl groups is 1. The fraction of sp³-hybridized carbons (Fsp3) is 0.425. The van der Waals surface area contributed by atoms with Crippen LogP contribution in [0.2, 0.25) is 0 Å². The smallest absolute Gasteiger partial charge is 0.315 e. The zero-order valence-corrected chi connectivity index (χ0v) is 31.7. The van der Waals surface area contributed by atoms with Crippen molar-refractivity contribution in [3.05, 3.63) is 120 Å². The van der Waals surface area contributed by atoms with E-state index in [1.807, 2.05) is 72.4 Å². The quantitative estimate of drug-likeness (QED) is 0.0623. The van der Waals surface area contributed by atoms with Crippen molar-refractivity contribution in [3.8, 4) is 0 Å². The summed E-state index contributed by atoms with van der Waals surface area (Å²) in [4.78, 5) is 59.1. The number of unbranched alkanes of at least 4 members (excludes halogenated alkanes) is 1. The van der Waals surface area contributed by atoms with Gasteiger partial charge in [0.05, 0.1) is 46.5 Å². The Bertz CT molecular complexity index is 1750. The molecule has 0 bridgehead atoms. The summed E-state index contributed by atoms with van der Waals surface area (Å²) in [6.07, 6.45) is 9.25. The van der Waals surface area contributed by atoms with Gasteiger partial charge in [-0.25, -0.2) is 4.79 Å². The molecular weight excluding hydrogens is 717 g/mol. The summed E-state index contributed by atoms with van der Waals surface area (Å²) >= 11 is 1.88. The number of amides is 4. The number of nitrogens with one attached hydrogen (secondary N) is 4. The Morgan fingerprint density at radius 3 is 1.89 bits per heavy atom. The van der Waals surface area contributed by atoms with Crippen LogP contribution in [0.25, 0.3) is 0 Å². The van der Waals surface area contributed by atoms with E-state index in [4.69, 9.17) is 0 Å². The van der Waals surface area contributed by atoms with E-state index in [0.29, 0.717) is 69.6 Å². The van der Waals surface area contributed by atoms with Gasteiger partial charge in [0.15, 0.2) is 0 Å². The summed E-state index contributed by atoms with van der Waals surface area (Å²) in [7, 11) is 0. The third-order valence-electron chi connectivity index (χ3n) is 9.56. The molecule has 55 heavy (non-hydrogen) atoms. The molecule has 2 saturated heterocycles. The van der Waals surface area contributed by atoms with Crippen molar-refractivity contribution in [3.63, 3.8) is 0 Å². The van der Waals surface area contributed by atoms with Gasteiger partial charge in [-0.15, -0.1) is 0 Å². The molecular formula is C40H50N10O4S. The van der Waals surface area contributed by atoms with Crippen LogP contribution in [-0.2, 0) is 31.0 Å². The molecule has 0 aliphatic carbocycles. The first-order valence-electron chi connectivity index (χ1n) is 18.9. The van der Waals surface area contributed by atoms with Crippen molar-refractivity contribution in [2.24, 2.45) is 0 Å². The molecule has 15 heteroatoms. The molecule has 6 rings (SSSR count). The van der Waals surface area contributed by atoms with Crippen molar-refractivity contribution in [1.29, 1.82) is 0 Å². The molecule has 2 aliphatic heterocycles. The maximum absolute atomic E-state index is 12.8. The van der Waals surface area contributed by atoms with Crippen molar-refractivity contribution >= 4 is 29.6 Å². The Hall–Kier alpha value is -4.96. The van der Waals surface area contributed by atoms with Gasteiger partial charge in [0, 0.05) is 94.6 Å². The van der Waals surface area contributed by atoms with Crippen molar-refractivity contribution in [2.75, 3.05) is 31.9 Å². The molecule has 0 spiro atoms. The topological polar surface area (TPSA) is 178 Å². The van der Waals surface area contributed by atoms with Crippen molar-refractivity contribution in [1.82, 2.24) is 51.0 Å². The highest BCUT2D eigenvalue weighted by Gasteiger charge is 2.42. The Morgan fingerprint density at radius 1 is 0.764 bits per heavy atom. The molecule has 0 aromatic carbocycles. The van der Waals surface area contributed by atoms with E-state index in [1.165, 1.54) is 0 Å². The van der Waals surface area contributed by atoms with Crippen LogP contribution in [-0.4, -0.2) is 108 Å². The van der Waals surface area contributed by atoms with Gasteiger partial charge in [-0.05, 0) is 61.4 Å². The van der Waals surface area contributed by atoms with Crippen molar-refractivity contribution in [2.45, 2.75) is 75.3 Å². The Labute approximate surface area is 326 Å². The average molecular weight is 767 g/mol. The van der Waals surface area contributed by atoms with Gasteiger partial charge in [-0.1, -0.05) is 24.6 Å². The maximum atomic E-state index is 12.8. The highest BCUT2D eigenvalue weighted by molar-refractivity contribution is 8.00. The molecule has 1 unspecified atom stereocenters. The number of fused-ring (bicyclic) bond motifs is 1. The second-order valence-electron chi connectivity index (χ2n) is 14.0. The Kier molecular flexibility index (Phi) is 14.9. The van der Waals surface area contributed by atoms with Crippen molar-refractivity contribution < 1.29 is 19.5 Å². The number of thioether (sulfide) groups is 1. The third kappa shape index (κ3) is 12.8. The third-order valence-corrected chi connectivity index (χ3v) is 11.1. The summed E-state index contributed by atoms with van der Waals surface area (Å²) in [6, 6.07) is 21.3. The van der Waals surface area contributed by atoms with Gasteiger partial charge in [-0.2, -0.15) is 11.8 Å². The average Bonchev–Trinajstić information content (AvgIpc) is 3.75. The van der Waals surface area contributed by atoms with Gasteiger partial charge in [0.2, 0.25) is 5.91 Å². The molecule has 2 fully saturated rings. The van der Waals surface area contributed by atoms with Gasteiger partial charge in [0.25, 0.3) is 5.91 Å². The zero-order chi connectivity index (χ0) is 38.2. The molecule has 4 atom stereocenters. The minimum Gasteiger partial charge on any atom is -0.390 e. The number of aliphatic hydroxyl groups excluding tert-OH is 1. The molecule has 14 nitrogen and oxygen atoms in total. The summed E-state index contributed by atoms with van der Waals surface area (Å²) in [5.74, 6) is 0.623. The standard InChI is InChI=1S/C40H50N10O4S/c51-34(26-49(22-30-9-3-6-16-41-30)23-31-10-4-7-17-42-31)27-50(24-32-11-5-8-18-43-32)25-33-15-14-29(21-46-33)39(53)45-20-19-44-37(52)13-2-1-12-36-38-35(28-55-36)47-40(54)48-38/h3-11,14-18,21,34-36,38,51H,1-2,12-13,19-20,22-28H2,(H,44,52)(H,45,53)(H2,47,48,54)/t34?,35-,36-,38-/m0/s1. The summed E-state index contributed by atoms with van der Waals surface area (Å²) in [5.41, 5.74) is 3.87. The first-order chi connectivity index (χ1) is 26.9. The zero-order valence-electron chi connectivity index (χ0n) is 30.9. The lowest BCUT2D eigenvalue weighted by Crippen LogP contribution is -2.40. The van der Waals surface area contributed by atoms with Crippen LogP contribution in [0.15, 0.2) is 91.5 Å². The highest BCUT2D eigenvalue weighted by Crippen LogP contribution is 2.33. The molecule has 4 amide bonds. The summed E-state index contributed by atoms with van der Waals surface area (Å²) in [6.45, 7) is 3.48. The van der Waals surface area contributed by atoms with E-state index in [2.05, 4.69) is 51.0 Å². The van der Waals surface area contributed by atoms with Gasteiger partial charge < -0.3 is 26.4 Å². The molecule has 4 aromatic rings. The minimum atomic E-state index is -0.694. The van der Waals surface area contributed by atoms with Gasteiger partial charge in [-0.3, -0.25) is 39.3 Å². The highest BCUT2D eigenvalue weighted by atomic mass is 32.2. The van der Waals surface area contributed by atoms with Crippen LogP contribution in [0.1, 0.15) is 58.8 Å². The minimum absolute atomic E-state index is 0.0393. The van der Waals surface area contributed by atoms with E-state index in [9.17, 15) is 19.5 Å². The monoisotopic (exact) mass is 766 g/mol. The number of carbonyl (C=O) groups excluding carboxylic acids is 3. The Morgan fingerprint density at radius 2 is 1.35 bits per heavy atom. The summed E-state index contributed by atoms with van der Waals surface area (Å²) in [5, 5.41) is 23.5. The van der Waals surface area contributed by atoms with E-state index in [-0.39, 0.29) is 29.9 Å². The molecule has 4 aromatic heterocycles. The molecule has 0 saturated carbocycles. The first-order valence-corrected chi connectivity index (χ1v) is 19.9. The molecule has 5 N–H and O–H groups in total. The normalized spacial score (nSPS) is 18.1. The predicted molar refractivity (Wildman–Crippen MR) is 210 cm³/mol. The van der Waals surface area contributed by atoms with Crippen LogP contribution in [0, 0.1) is 0 Å². The first kappa shape index (κ1) is 39.7. The number of urea groups is 1. The Balaban J connectivity index is 0.945. The van der Waals surface area contributed by atoms with E-state index in [0.717, 1.165) is 47.8 Å². The van der Waals surface area contributed by atoms with Crippen LogP contribution in [0.5, 0.6) is 0 Å². The fourth-order valence-corrected chi connectivity index (χ4v) is 8.45. The number of aromatic nitrogens is 4. The number of hydrogen-bond acceptors (Lipinski definition) is 11. The van der Waals surface area contributed by atoms with E-state index in [1.54, 1.807) is 30.9 Å². The fourth-order valence-electron chi connectivity index (χ4n) is 6.91. The van der Waals surface area contributed by atoms with Crippen LogP contribution in [0.4, 0.5) is 4.79 Å². The van der Waals surface area contributed by atoms with E-state index >= 15 is 0 Å². The summed E-state index contributed by atoms with van der Waals surface area (Å²) < 4.78 is 0. The molecule has 0 radical (unpaired) electrons. The number of pyridine rings is 4. The SMILES string of the molecule is O=C(CCCC[C@@H]1SC[C@@H]2NC(=O)N[C@@H]21)NCCNC(=O)c1ccc(CN(Cc2ccccn2)CC(O)CN(Cc2ccccn2)Cc2ccccn2)nc1. The maximum Gasteiger partial charge on any atom is 0.315 e. The van der Waals surface area contributed by atoms with Crippen LogP contribution in [0.3, 0.4) is 0 Å². The van der Waals surface area contributed by atoms with Gasteiger partial charge >= 0.3 is 6.03 Å². The second kappa shape index (κ2) is 20.6. The largest absolute Gasteiger partial charge is 0.390 e.